The van der Waals surface area contributed by atoms with E-state index in [1.165, 1.54) is 5.56 Å². The second-order valence-corrected chi connectivity index (χ2v) is 6.58. The van der Waals surface area contributed by atoms with Gasteiger partial charge in [-0.3, -0.25) is 4.79 Å². The summed E-state index contributed by atoms with van der Waals surface area (Å²) in [5.41, 5.74) is 3.25. The summed E-state index contributed by atoms with van der Waals surface area (Å²) in [4.78, 5) is 26.2. The first-order valence-corrected chi connectivity index (χ1v) is 9.63. The standard InChI is InChI=1S/C23H26N4O/c1-4-26(17-19-12-8-6-9-13-19)23-24-18(3)16-21(25-23)22(28)27(5-2)20-14-10-7-11-15-20/h6-16H,4-5,17H2,1-3H3. The lowest BCUT2D eigenvalue weighted by atomic mass is 10.2. The Morgan fingerprint density at radius 1 is 0.893 bits per heavy atom. The topological polar surface area (TPSA) is 49.3 Å². The zero-order valence-electron chi connectivity index (χ0n) is 16.7. The molecule has 0 radical (unpaired) electrons. The Morgan fingerprint density at radius 2 is 1.54 bits per heavy atom. The van der Waals surface area contributed by atoms with Crippen LogP contribution in [0.3, 0.4) is 0 Å². The molecule has 0 fully saturated rings. The Balaban J connectivity index is 1.90. The average Bonchev–Trinajstić information content (AvgIpc) is 2.73. The molecule has 0 aliphatic rings. The Hall–Kier alpha value is -3.21. The van der Waals surface area contributed by atoms with Gasteiger partial charge in [0.2, 0.25) is 5.95 Å². The van der Waals surface area contributed by atoms with Gasteiger partial charge in [-0.2, -0.15) is 0 Å². The van der Waals surface area contributed by atoms with Crippen molar-refractivity contribution in [2.24, 2.45) is 0 Å². The first-order valence-electron chi connectivity index (χ1n) is 9.63. The number of carbonyl (C=O) groups is 1. The van der Waals surface area contributed by atoms with Crippen LogP contribution >= 0.6 is 0 Å². The third-order valence-corrected chi connectivity index (χ3v) is 4.57. The van der Waals surface area contributed by atoms with Crippen LogP contribution in [0.1, 0.15) is 35.6 Å². The van der Waals surface area contributed by atoms with Gasteiger partial charge in [0.1, 0.15) is 5.69 Å². The van der Waals surface area contributed by atoms with Crippen molar-refractivity contribution in [1.29, 1.82) is 0 Å². The van der Waals surface area contributed by atoms with Gasteiger partial charge in [0.05, 0.1) is 0 Å². The van der Waals surface area contributed by atoms with E-state index in [1.54, 1.807) is 11.0 Å². The van der Waals surface area contributed by atoms with Gasteiger partial charge in [0, 0.05) is 31.0 Å². The van der Waals surface area contributed by atoms with Gasteiger partial charge in [0.25, 0.3) is 5.91 Å². The molecule has 5 nitrogen and oxygen atoms in total. The summed E-state index contributed by atoms with van der Waals surface area (Å²) in [5, 5.41) is 0. The van der Waals surface area contributed by atoms with Gasteiger partial charge in [-0.05, 0) is 44.5 Å². The molecule has 0 unspecified atom stereocenters. The molecule has 28 heavy (non-hydrogen) atoms. The number of carbonyl (C=O) groups excluding carboxylic acids is 1. The molecule has 0 saturated heterocycles. The van der Waals surface area contributed by atoms with Crippen molar-refractivity contribution >= 4 is 17.5 Å². The molecule has 0 N–H and O–H groups in total. The zero-order valence-corrected chi connectivity index (χ0v) is 16.7. The molecule has 3 rings (SSSR count). The van der Waals surface area contributed by atoms with Gasteiger partial charge in [-0.1, -0.05) is 48.5 Å². The Morgan fingerprint density at radius 3 is 2.14 bits per heavy atom. The van der Waals surface area contributed by atoms with Crippen LogP contribution in [0.25, 0.3) is 0 Å². The van der Waals surface area contributed by atoms with Crippen LogP contribution in [-0.4, -0.2) is 29.0 Å². The summed E-state index contributed by atoms with van der Waals surface area (Å²) in [6.07, 6.45) is 0. The first kappa shape index (κ1) is 19.5. The highest BCUT2D eigenvalue weighted by atomic mass is 16.2. The van der Waals surface area contributed by atoms with Crippen LogP contribution < -0.4 is 9.80 Å². The van der Waals surface area contributed by atoms with E-state index in [4.69, 9.17) is 0 Å². The Labute approximate surface area is 166 Å². The fraction of sp³-hybridized carbons (Fsp3) is 0.261. The number of aromatic nitrogens is 2. The summed E-state index contributed by atoms with van der Waals surface area (Å²) < 4.78 is 0. The van der Waals surface area contributed by atoms with E-state index in [1.807, 2.05) is 62.4 Å². The Kier molecular flexibility index (Phi) is 6.37. The number of hydrogen-bond acceptors (Lipinski definition) is 4. The fourth-order valence-corrected chi connectivity index (χ4v) is 3.12. The molecule has 0 spiro atoms. The van der Waals surface area contributed by atoms with Crippen LogP contribution in [0.5, 0.6) is 0 Å². The van der Waals surface area contributed by atoms with Gasteiger partial charge in [-0.15, -0.1) is 0 Å². The highest BCUT2D eigenvalue weighted by Crippen LogP contribution is 2.19. The van der Waals surface area contributed by atoms with Crippen molar-refractivity contribution in [3.63, 3.8) is 0 Å². The van der Waals surface area contributed by atoms with Gasteiger partial charge >= 0.3 is 0 Å². The SMILES string of the molecule is CCN(Cc1ccccc1)c1nc(C)cc(C(=O)N(CC)c2ccccc2)n1. The second kappa shape index (κ2) is 9.13. The number of aryl methyl sites for hydroxylation is 1. The van der Waals surface area contributed by atoms with Gasteiger partial charge < -0.3 is 9.80 Å². The fourth-order valence-electron chi connectivity index (χ4n) is 3.12. The molecule has 1 amide bonds. The summed E-state index contributed by atoms with van der Waals surface area (Å²) in [5.74, 6) is 0.468. The molecule has 0 aliphatic carbocycles. The van der Waals surface area contributed by atoms with E-state index >= 15 is 0 Å². The highest BCUT2D eigenvalue weighted by Gasteiger charge is 2.20. The maximum absolute atomic E-state index is 13.2. The van der Waals surface area contributed by atoms with Gasteiger partial charge in [0.15, 0.2) is 0 Å². The minimum atomic E-state index is -0.115. The van der Waals surface area contributed by atoms with Crippen molar-refractivity contribution in [2.75, 3.05) is 22.9 Å². The number of hydrogen-bond donors (Lipinski definition) is 0. The molecule has 3 aromatic rings. The van der Waals surface area contributed by atoms with E-state index in [-0.39, 0.29) is 5.91 Å². The number of para-hydroxylation sites is 1. The van der Waals surface area contributed by atoms with E-state index in [9.17, 15) is 4.79 Å². The van der Waals surface area contributed by atoms with Crippen molar-refractivity contribution in [2.45, 2.75) is 27.3 Å². The average molecular weight is 374 g/mol. The quantitative estimate of drug-likeness (QED) is 0.612. The monoisotopic (exact) mass is 374 g/mol. The predicted molar refractivity (Wildman–Crippen MR) is 114 cm³/mol. The number of amides is 1. The maximum Gasteiger partial charge on any atom is 0.277 e. The van der Waals surface area contributed by atoms with Crippen LogP contribution in [0.15, 0.2) is 66.7 Å². The van der Waals surface area contributed by atoms with Crippen molar-refractivity contribution in [3.05, 3.63) is 83.7 Å². The molecular formula is C23H26N4O. The van der Waals surface area contributed by atoms with Crippen molar-refractivity contribution in [3.8, 4) is 0 Å². The molecular weight excluding hydrogens is 348 g/mol. The normalized spacial score (nSPS) is 10.5. The number of nitrogens with zero attached hydrogens (tertiary/aromatic N) is 4. The Bertz CT molecular complexity index is 912. The molecule has 2 aromatic carbocycles. The van der Waals surface area contributed by atoms with Crippen LogP contribution in [-0.2, 0) is 6.54 Å². The number of benzene rings is 2. The molecule has 144 valence electrons. The highest BCUT2D eigenvalue weighted by molar-refractivity contribution is 6.04. The van der Waals surface area contributed by atoms with E-state index in [0.29, 0.717) is 24.7 Å². The maximum atomic E-state index is 13.2. The smallest absolute Gasteiger partial charge is 0.277 e. The van der Waals surface area contributed by atoms with Crippen LogP contribution in [0.2, 0.25) is 0 Å². The van der Waals surface area contributed by atoms with E-state index in [0.717, 1.165) is 17.9 Å². The van der Waals surface area contributed by atoms with Crippen molar-refractivity contribution in [1.82, 2.24) is 9.97 Å². The largest absolute Gasteiger partial charge is 0.337 e. The lowest BCUT2D eigenvalue weighted by Crippen LogP contribution is -2.32. The molecule has 5 heteroatoms. The van der Waals surface area contributed by atoms with Crippen LogP contribution in [0.4, 0.5) is 11.6 Å². The summed E-state index contributed by atoms with van der Waals surface area (Å²) in [7, 11) is 0. The lowest BCUT2D eigenvalue weighted by molar-refractivity contribution is 0.0983. The number of rotatable bonds is 7. The minimum Gasteiger partial charge on any atom is -0.337 e. The van der Waals surface area contributed by atoms with Crippen LogP contribution in [0, 0.1) is 6.92 Å². The summed E-state index contributed by atoms with van der Waals surface area (Å²) in [6, 6.07) is 21.6. The van der Waals surface area contributed by atoms with Crippen molar-refractivity contribution < 1.29 is 4.79 Å². The predicted octanol–water partition coefficient (Wildman–Crippen LogP) is 4.48. The minimum absolute atomic E-state index is 0.115. The first-order chi connectivity index (χ1) is 13.6. The van der Waals surface area contributed by atoms with E-state index < -0.39 is 0 Å². The number of anilines is 2. The molecule has 0 saturated carbocycles. The van der Waals surface area contributed by atoms with Gasteiger partial charge in [-0.25, -0.2) is 9.97 Å². The zero-order chi connectivity index (χ0) is 19.9. The third-order valence-electron chi connectivity index (χ3n) is 4.57. The molecule has 1 heterocycles. The summed E-state index contributed by atoms with van der Waals surface area (Å²) in [6.45, 7) is 7.96. The molecule has 0 aliphatic heterocycles. The summed E-state index contributed by atoms with van der Waals surface area (Å²) >= 11 is 0. The molecule has 1 aromatic heterocycles. The lowest BCUT2D eigenvalue weighted by Gasteiger charge is -2.24. The third kappa shape index (κ3) is 4.55. The molecule has 0 atom stereocenters. The second-order valence-electron chi connectivity index (χ2n) is 6.58. The van der Waals surface area contributed by atoms with E-state index in [2.05, 4.69) is 33.9 Å². The molecule has 0 bridgehead atoms.